The number of rotatable bonds is 5. The van der Waals surface area contributed by atoms with Crippen LogP contribution in [0.3, 0.4) is 0 Å². The van der Waals surface area contributed by atoms with Crippen molar-refractivity contribution in [3.05, 3.63) is 41.2 Å². The molecule has 182 valence electrons. The van der Waals surface area contributed by atoms with Gasteiger partial charge in [-0.2, -0.15) is 0 Å². The summed E-state index contributed by atoms with van der Waals surface area (Å²) in [5, 5.41) is 13.9. The third kappa shape index (κ3) is 3.98. The van der Waals surface area contributed by atoms with Crippen molar-refractivity contribution in [2.75, 3.05) is 26.3 Å². The molecule has 0 aliphatic carbocycles. The summed E-state index contributed by atoms with van der Waals surface area (Å²) in [6.07, 6.45) is 3.08. The third-order valence-corrected chi connectivity index (χ3v) is 7.06. The minimum absolute atomic E-state index is 0.182. The molecule has 2 N–H and O–H groups in total. The zero-order chi connectivity index (χ0) is 24.1. The van der Waals surface area contributed by atoms with Crippen molar-refractivity contribution in [3.63, 3.8) is 0 Å². The molecule has 3 fully saturated rings. The molecule has 1 aromatic heterocycles. The van der Waals surface area contributed by atoms with E-state index in [2.05, 4.69) is 20.9 Å². The second-order valence-electron chi connectivity index (χ2n) is 9.42. The maximum absolute atomic E-state index is 13.1. The van der Waals surface area contributed by atoms with E-state index in [0.717, 1.165) is 18.6 Å². The number of imide groups is 1. The standard InChI is InChI=1S/C23H25N7O5/c31-20-4-3-19(21(32)25-20)29-8-13-1-2-16(7-17(13)22(29)33)30-11-18(26-27-30)23(34)28-9-15(10-28)24-14-5-6-35-12-14/h1-2,7,11,14-15,19,24H,3-6,8-10,12H2,(H,25,31,32). The van der Waals surface area contributed by atoms with E-state index in [1.165, 1.54) is 9.58 Å². The predicted molar refractivity (Wildman–Crippen MR) is 119 cm³/mol. The number of amides is 4. The Labute approximate surface area is 200 Å². The first-order valence-electron chi connectivity index (χ1n) is 11.8. The Morgan fingerprint density at radius 1 is 1.14 bits per heavy atom. The highest BCUT2D eigenvalue weighted by molar-refractivity contribution is 6.05. The fourth-order valence-electron chi connectivity index (χ4n) is 5.08. The molecule has 0 bridgehead atoms. The molecule has 12 nitrogen and oxygen atoms in total. The van der Waals surface area contributed by atoms with Crippen LogP contribution in [0, 0.1) is 0 Å². The van der Waals surface area contributed by atoms with Gasteiger partial charge in [-0.1, -0.05) is 11.3 Å². The van der Waals surface area contributed by atoms with Crippen LogP contribution in [-0.2, 0) is 20.9 Å². The van der Waals surface area contributed by atoms with Crippen molar-refractivity contribution in [2.45, 2.75) is 43.9 Å². The Hall–Kier alpha value is -3.64. The Morgan fingerprint density at radius 2 is 2.00 bits per heavy atom. The van der Waals surface area contributed by atoms with Crippen LogP contribution in [0.1, 0.15) is 45.7 Å². The molecule has 0 saturated carbocycles. The van der Waals surface area contributed by atoms with E-state index in [1.54, 1.807) is 23.2 Å². The van der Waals surface area contributed by atoms with E-state index >= 15 is 0 Å². The summed E-state index contributed by atoms with van der Waals surface area (Å²) in [5.74, 6) is -1.21. The molecule has 35 heavy (non-hydrogen) atoms. The number of hydrogen-bond acceptors (Lipinski definition) is 8. The molecular weight excluding hydrogens is 454 g/mol. The third-order valence-electron chi connectivity index (χ3n) is 7.06. The van der Waals surface area contributed by atoms with Gasteiger partial charge in [0.25, 0.3) is 11.8 Å². The van der Waals surface area contributed by atoms with Crippen molar-refractivity contribution in [1.29, 1.82) is 0 Å². The number of carbonyl (C=O) groups is 4. The lowest BCUT2D eigenvalue weighted by Gasteiger charge is -2.40. The fourth-order valence-corrected chi connectivity index (χ4v) is 5.08. The molecule has 0 spiro atoms. The van der Waals surface area contributed by atoms with Crippen molar-refractivity contribution in [1.82, 2.24) is 35.4 Å². The van der Waals surface area contributed by atoms with Crippen molar-refractivity contribution < 1.29 is 23.9 Å². The van der Waals surface area contributed by atoms with E-state index < -0.39 is 11.9 Å². The molecule has 5 heterocycles. The number of nitrogens with one attached hydrogen (secondary N) is 2. The number of benzene rings is 1. The summed E-state index contributed by atoms with van der Waals surface area (Å²) in [5.41, 5.74) is 2.11. The van der Waals surface area contributed by atoms with Crippen LogP contribution in [-0.4, -0.2) is 92.9 Å². The highest BCUT2D eigenvalue weighted by atomic mass is 16.5. The molecule has 6 rings (SSSR count). The lowest BCUT2D eigenvalue weighted by atomic mass is 10.0. The Morgan fingerprint density at radius 3 is 2.77 bits per heavy atom. The van der Waals surface area contributed by atoms with Crippen LogP contribution < -0.4 is 10.6 Å². The highest BCUT2D eigenvalue weighted by Gasteiger charge is 2.39. The number of carbonyl (C=O) groups excluding carboxylic acids is 4. The molecule has 4 amide bonds. The molecule has 2 unspecified atom stereocenters. The molecule has 0 radical (unpaired) electrons. The lowest BCUT2D eigenvalue weighted by Crippen LogP contribution is -2.61. The molecular formula is C23H25N7O5. The van der Waals surface area contributed by atoms with Gasteiger partial charge in [0.05, 0.1) is 18.5 Å². The molecule has 4 aliphatic rings. The summed E-state index contributed by atoms with van der Waals surface area (Å²) in [6, 6.07) is 5.26. The number of nitrogens with zero attached hydrogens (tertiary/aromatic N) is 5. The van der Waals surface area contributed by atoms with Gasteiger partial charge in [-0.25, -0.2) is 4.68 Å². The van der Waals surface area contributed by atoms with E-state index in [0.29, 0.717) is 50.0 Å². The van der Waals surface area contributed by atoms with Crippen molar-refractivity contribution in [3.8, 4) is 5.69 Å². The van der Waals surface area contributed by atoms with Gasteiger partial charge in [-0.3, -0.25) is 24.5 Å². The SMILES string of the molecule is O=C1CCC(N2Cc3ccc(-n4cc(C(=O)N5CC(NC6CCOC6)C5)nn4)cc3C2=O)C(=O)N1. The molecule has 4 aliphatic heterocycles. The first kappa shape index (κ1) is 21.9. The number of aromatic nitrogens is 3. The normalized spacial score (nSPS) is 24.5. The van der Waals surface area contributed by atoms with Gasteiger partial charge in [0.1, 0.15) is 6.04 Å². The topological polar surface area (TPSA) is 139 Å². The van der Waals surface area contributed by atoms with Crippen LogP contribution in [0.25, 0.3) is 5.69 Å². The van der Waals surface area contributed by atoms with E-state index in [9.17, 15) is 19.2 Å². The number of fused-ring (bicyclic) bond motifs is 1. The Kier molecular flexibility index (Phi) is 5.33. The minimum atomic E-state index is -0.664. The summed E-state index contributed by atoms with van der Waals surface area (Å²) in [6.45, 7) is 3.03. The van der Waals surface area contributed by atoms with Gasteiger partial charge in [0, 0.05) is 50.3 Å². The number of piperidine rings is 1. The minimum Gasteiger partial charge on any atom is -0.380 e. The highest BCUT2D eigenvalue weighted by Crippen LogP contribution is 2.29. The van der Waals surface area contributed by atoms with Crippen molar-refractivity contribution >= 4 is 23.6 Å². The largest absolute Gasteiger partial charge is 0.380 e. The number of hydrogen-bond donors (Lipinski definition) is 2. The second-order valence-corrected chi connectivity index (χ2v) is 9.42. The molecule has 1 aromatic carbocycles. The maximum Gasteiger partial charge on any atom is 0.276 e. The van der Waals surface area contributed by atoms with Gasteiger partial charge in [-0.05, 0) is 30.5 Å². The number of ether oxygens (including phenoxy) is 1. The summed E-state index contributed by atoms with van der Waals surface area (Å²) < 4.78 is 6.85. The average Bonchev–Trinajstić information content (AvgIpc) is 3.57. The average molecular weight is 479 g/mol. The summed E-state index contributed by atoms with van der Waals surface area (Å²) >= 11 is 0. The monoisotopic (exact) mass is 479 g/mol. The smallest absolute Gasteiger partial charge is 0.276 e. The van der Waals surface area contributed by atoms with E-state index in [-0.39, 0.29) is 35.9 Å². The first-order valence-corrected chi connectivity index (χ1v) is 11.8. The summed E-state index contributed by atoms with van der Waals surface area (Å²) in [4.78, 5) is 52.8. The van der Waals surface area contributed by atoms with Gasteiger partial charge in [-0.15, -0.1) is 5.10 Å². The van der Waals surface area contributed by atoms with Gasteiger partial charge in [0.15, 0.2) is 5.69 Å². The van der Waals surface area contributed by atoms with E-state index in [1.807, 2.05) is 6.07 Å². The van der Waals surface area contributed by atoms with Gasteiger partial charge in [0.2, 0.25) is 11.8 Å². The quantitative estimate of drug-likeness (QED) is 0.533. The van der Waals surface area contributed by atoms with Crippen LogP contribution in [0.4, 0.5) is 0 Å². The lowest BCUT2D eigenvalue weighted by molar-refractivity contribution is -0.136. The van der Waals surface area contributed by atoms with E-state index in [4.69, 9.17) is 4.74 Å². The van der Waals surface area contributed by atoms with Crippen LogP contribution in [0.2, 0.25) is 0 Å². The number of likely N-dealkylation sites (tertiary alicyclic amines) is 1. The molecule has 3 saturated heterocycles. The second kappa shape index (κ2) is 8.54. The maximum atomic E-state index is 13.1. The Bertz CT molecular complexity index is 1210. The van der Waals surface area contributed by atoms with Crippen LogP contribution in [0.5, 0.6) is 0 Å². The zero-order valence-corrected chi connectivity index (χ0v) is 19.0. The predicted octanol–water partition coefficient (Wildman–Crippen LogP) is -0.769. The summed E-state index contributed by atoms with van der Waals surface area (Å²) in [7, 11) is 0. The Balaban J connectivity index is 1.12. The zero-order valence-electron chi connectivity index (χ0n) is 19.0. The molecule has 2 aromatic rings. The molecule has 2 atom stereocenters. The fraction of sp³-hybridized carbons (Fsp3) is 0.478. The molecule has 12 heteroatoms. The first-order chi connectivity index (χ1) is 17.0. The van der Waals surface area contributed by atoms with Crippen molar-refractivity contribution in [2.24, 2.45) is 0 Å². The van der Waals surface area contributed by atoms with Crippen LogP contribution >= 0.6 is 0 Å². The van der Waals surface area contributed by atoms with Crippen LogP contribution in [0.15, 0.2) is 24.4 Å². The van der Waals surface area contributed by atoms with Gasteiger partial charge < -0.3 is 19.9 Å². The van der Waals surface area contributed by atoms with Gasteiger partial charge >= 0.3 is 0 Å².